The van der Waals surface area contributed by atoms with E-state index in [1.165, 1.54) is 9.80 Å². The molecule has 0 bridgehead atoms. The Morgan fingerprint density at radius 1 is 0.926 bits per heavy atom. The van der Waals surface area contributed by atoms with Crippen LogP contribution >= 0.6 is 0 Å². The number of amides is 2. The minimum atomic E-state index is -0.268. The summed E-state index contributed by atoms with van der Waals surface area (Å²) in [5.41, 5.74) is 1.83. The Labute approximate surface area is 158 Å². The summed E-state index contributed by atoms with van der Waals surface area (Å²) in [6, 6.07) is 17.0. The van der Waals surface area contributed by atoms with Crippen LogP contribution in [0.15, 0.2) is 54.6 Å². The van der Waals surface area contributed by atoms with Crippen LogP contribution in [-0.4, -0.2) is 51.1 Å². The predicted octanol–water partition coefficient (Wildman–Crippen LogP) is 0.732. The van der Waals surface area contributed by atoms with Gasteiger partial charge in [0.25, 0.3) is 5.91 Å². The van der Waals surface area contributed by atoms with Crippen LogP contribution in [0.2, 0.25) is 0 Å². The van der Waals surface area contributed by atoms with Crippen LogP contribution in [0, 0.1) is 0 Å². The van der Waals surface area contributed by atoms with Gasteiger partial charge in [0.1, 0.15) is 5.75 Å². The molecule has 0 spiro atoms. The maximum absolute atomic E-state index is 12.9. The zero-order chi connectivity index (χ0) is 18.8. The average Bonchev–Trinajstić information content (AvgIpc) is 3.03. The Morgan fingerprint density at radius 2 is 1.59 bits per heavy atom. The molecular weight excluding hydrogens is 342 g/mol. The summed E-state index contributed by atoms with van der Waals surface area (Å²) in [7, 11) is 1.66. The van der Waals surface area contributed by atoms with Gasteiger partial charge in [0.15, 0.2) is 6.04 Å². The molecule has 1 atom stereocenters. The zero-order valence-electron chi connectivity index (χ0n) is 15.4. The fourth-order valence-corrected chi connectivity index (χ4v) is 3.99. The molecule has 6 heteroatoms. The molecule has 2 aromatic rings. The summed E-state index contributed by atoms with van der Waals surface area (Å²) in [6.07, 6.45) is 0.297. The van der Waals surface area contributed by atoms with Crippen LogP contribution in [0.25, 0.3) is 0 Å². The van der Waals surface area contributed by atoms with Crippen molar-refractivity contribution < 1.29 is 19.2 Å². The molecule has 0 unspecified atom stereocenters. The highest BCUT2D eigenvalue weighted by molar-refractivity contribution is 6.21. The van der Waals surface area contributed by atoms with Crippen LogP contribution in [0.1, 0.15) is 6.42 Å². The quantitative estimate of drug-likeness (QED) is 0.811. The van der Waals surface area contributed by atoms with Gasteiger partial charge in [0.2, 0.25) is 5.91 Å². The molecule has 2 fully saturated rings. The predicted molar refractivity (Wildman–Crippen MR) is 103 cm³/mol. The van der Waals surface area contributed by atoms with E-state index in [0.717, 1.165) is 37.6 Å². The van der Waals surface area contributed by atoms with Crippen molar-refractivity contribution in [2.24, 2.45) is 0 Å². The molecule has 0 saturated carbocycles. The van der Waals surface area contributed by atoms with E-state index < -0.39 is 0 Å². The van der Waals surface area contributed by atoms with Crippen molar-refractivity contribution in [3.8, 4) is 5.75 Å². The first-order chi connectivity index (χ1) is 13.2. The highest BCUT2D eigenvalue weighted by Crippen LogP contribution is 2.22. The number of anilines is 2. The largest absolute Gasteiger partial charge is 0.497 e. The van der Waals surface area contributed by atoms with Gasteiger partial charge in [-0.05, 0) is 36.4 Å². The standard InChI is InChI=1S/C21H23N3O3/c1-27-18-9-7-16(8-10-18)22-11-13-23(14-12-22)19-15-20(25)24(21(19)26)17-5-3-2-4-6-17/h2-10,19H,11-15H2,1H3/p+1/t19-/m1/s1. The minimum Gasteiger partial charge on any atom is -0.497 e. The van der Waals surface area contributed by atoms with Gasteiger partial charge in [-0.25, -0.2) is 4.90 Å². The van der Waals surface area contributed by atoms with Gasteiger partial charge in [0.05, 0.1) is 45.4 Å². The third-order valence-electron chi connectivity index (χ3n) is 5.50. The first-order valence-corrected chi connectivity index (χ1v) is 9.33. The third-order valence-corrected chi connectivity index (χ3v) is 5.50. The molecule has 0 radical (unpaired) electrons. The van der Waals surface area contributed by atoms with E-state index in [2.05, 4.69) is 17.0 Å². The molecular formula is C21H24N3O3+. The summed E-state index contributed by atoms with van der Waals surface area (Å²) < 4.78 is 5.21. The van der Waals surface area contributed by atoms with E-state index in [-0.39, 0.29) is 17.9 Å². The third kappa shape index (κ3) is 3.40. The van der Waals surface area contributed by atoms with Gasteiger partial charge < -0.3 is 14.5 Å². The lowest BCUT2D eigenvalue weighted by atomic mass is 10.1. The van der Waals surface area contributed by atoms with Gasteiger partial charge in [-0.2, -0.15) is 0 Å². The first kappa shape index (κ1) is 17.5. The van der Waals surface area contributed by atoms with E-state index >= 15 is 0 Å². The topological polar surface area (TPSA) is 54.3 Å². The maximum atomic E-state index is 12.9. The lowest BCUT2D eigenvalue weighted by Gasteiger charge is -2.35. The van der Waals surface area contributed by atoms with Crippen molar-refractivity contribution in [2.75, 3.05) is 43.1 Å². The van der Waals surface area contributed by atoms with E-state index in [9.17, 15) is 9.59 Å². The molecule has 2 aliphatic heterocycles. The van der Waals surface area contributed by atoms with Gasteiger partial charge in [0, 0.05) is 5.69 Å². The molecule has 2 saturated heterocycles. The second kappa shape index (κ2) is 7.40. The van der Waals surface area contributed by atoms with Crippen molar-refractivity contribution >= 4 is 23.2 Å². The molecule has 2 aliphatic rings. The highest BCUT2D eigenvalue weighted by atomic mass is 16.5. The Bertz CT molecular complexity index is 814. The van der Waals surface area contributed by atoms with Crippen molar-refractivity contribution in [3.63, 3.8) is 0 Å². The molecule has 0 aliphatic carbocycles. The number of imide groups is 1. The van der Waals surface area contributed by atoms with Crippen molar-refractivity contribution in [2.45, 2.75) is 12.5 Å². The number of hydrogen-bond acceptors (Lipinski definition) is 4. The smallest absolute Gasteiger partial charge is 0.292 e. The summed E-state index contributed by atoms with van der Waals surface area (Å²) in [5.74, 6) is 0.680. The summed E-state index contributed by atoms with van der Waals surface area (Å²) in [5, 5.41) is 0. The number of carbonyl (C=O) groups is 2. The number of benzene rings is 2. The Balaban J connectivity index is 1.41. The molecule has 1 N–H and O–H groups in total. The minimum absolute atomic E-state index is 0.0703. The number of carbonyl (C=O) groups excluding carboxylic acids is 2. The molecule has 140 valence electrons. The maximum Gasteiger partial charge on any atom is 0.292 e. The van der Waals surface area contributed by atoms with E-state index in [1.807, 2.05) is 42.5 Å². The Hall–Kier alpha value is -2.86. The molecule has 6 nitrogen and oxygen atoms in total. The summed E-state index contributed by atoms with van der Waals surface area (Å²) in [6.45, 7) is 3.42. The number of rotatable bonds is 4. The number of nitrogens with one attached hydrogen (secondary N) is 1. The number of ether oxygens (including phenoxy) is 1. The van der Waals surface area contributed by atoms with Gasteiger partial charge in [-0.1, -0.05) is 18.2 Å². The van der Waals surface area contributed by atoms with Crippen molar-refractivity contribution in [1.29, 1.82) is 0 Å². The molecule has 2 aromatic carbocycles. The van der Waals surface area contributed by atoms with Crippen LogP contribution in [0.4, 0.5) is 11.4 Å². The van der Waals surface area contributed by atoms with Crippen LogP contribution in [-0.2, 0) is 9.59 Å². The fourth-order valence-electron chi connectivity index (χ4n) is 3.99. The highest BCUT2D eigenvalue weighted by Gasteiger charge is 2.46. The van der Waals surface area contributed by atoms with Gasteiger partial charge >= 0.3 is 0 Å². The van der Waals surface area contributed by atoms with Gasteiger partial charge in [-0.15, -0.1) is 0 Å². The van der Waals surface area contributed by atoms with Gasteiger partial charge in [-0.3, -0.25) is 9.59 Å². The monoisotopic (exact) mass is 366 g/mol. The molecule has 27 heavy (non-hydrogen) atoms. The Kier molecular flexibility index (Phi) is 4.81. The number of para-hydroxylation sites is 1. The van der Waals surface area contributed by atoms with E-state index in [1.54, 1.807) is 7.11 Å². The van der Waals surface area contributed by atoms with E-state index in [4.69, 9.17) is 4.74 Å². The van der Waals surface area contributed by atoms with Crippen LogP contribution in [0.3, 0.4) is 0 Å². The summed E-state index contributed by atoms with van der Waals surface area (Å²) in [4.78, 5) is 30.2. The summed E-state index contributed by atoms with van der Waals surface area (Å²) >= 11 is 0. The van der Waals surface area contributed by atoms with Crippen molar-refractivity contribution in [1.82, 2.24) is 0 Å². The number of nitrogens with zero attached hydrogens (tertiary/aromatic N) is 2. The second-order valence-electron chi connectivity index (χ2n) is 7.00. The van der Waals surface area contributed by atoms with Crippen molar-refractivity contribution in [3.05, 3.63) is 54.6 Å². The molecule has 4 rings (SSSR count). The first-order valence-electron chi connectivity index (χ1n) is 9.33. The lowest BCUT2D eigenvalue weighted by Crippen LogP contribution is -3.19. The zero-order valence-corrected chi connectivity index (χ0v) is 15.4. The number of quaternary nitrogens is 1. The van der Waals surface area contributed by atoms with E-state index in [0.29, 0.717) is 12.1 Å². The fraction of sp³-hybridized carbons (Fsp3) is 0.333. The number of hydrogen-bond donors (Lipinski definition) is 1. The number of piperazine rings is 1. The normalized spacial score (nSPS) is 21.0. The Morgan fingerprint density at radius 3 is 2.22 bits per heavy atom. The SMILES string of the molecule is COc1ccc(N2CC[NH+]([C@@H]3CC(=O)N(c4ccccc4)C3=O)CC2)cc1. The molecule has 0 aromatic heterocycles. The molecule has 2 amide bonds. The average molecular weight is 366 g/mol. The second-order valence-corrected chi connectivity index (χ2v) is 7.00. The molecule has 2 heterocycles. The number of methoxy groups -OCH3 is 1. The van der Waals surface area contributed by atoms with Crippen LogP contribution in [0.5, 0.6) is 5.75 Å². The van der Waals surface area contributed by atoms with Crippen LogP contribution < -0.4 is 19.4 Å². The lowest BCUT2D eigenvalue weighted by molar-refractivity contribution is -0.915.